The first-order valence-corrected chi connectivity index (χ1v) is 11.5. The number of rotatable bonds is 11. The normalized spacial score (nSPS) is 10.5. The van der Waals surface area contributed by atoms with Gasteiger partial charge in [0.1, 0.15) is 17.6 Å². The summed E-state index contributed by atoms with van der Waals surface area (Å²) in [4.78, 5) is 57.4. The first-order chi connectivity index (χ1) is 19.1. The van der Waals surface area contributed by atoms with Gasteiger partial charge in [-0.15, -0.1) is 0 Å². The second-order valence-corrected chi connectivity index (χ2v) is 8.18. The Balaban J connectivity index is 1.67. The van der Waals surface area contributed by atoms with Crippen LogP contribution in [0.1, 0.15) is 20.7 Å². The molecule has 5 N–H and O–H groups in total. The Morgan fingerprint density at radius 1 is 0.800 bits per heavy atom. The molecule has 2 aromatic heterocycles. The minimum atomic E-state index is -1.33. The molecule has 2 heterocycles. The third kappa shape index (κ3) is 6.10. The SMILES string of the molecule is NC(=O)c1ccc(-c2nc(NCCNc3ccc([N+](=O)[O-])cn3)nc(-c3ccc([N+](=O)[O-])cc3)c2C(=O)O)cc1. The molecule has 0 atom stereocenters. The standard InChI is InChI=1S/C25H20N8O7/c26-23(34)16-3-1-14(2-4-16)21-20(24(35)36)22(15-5-7-17(8-6-15)32(37)38)31-25(30-21)28-12-11-27-19-10-9-18(13-29-19)33(39)40/h1-10,13H,11-12H2,(H2,26,34)(H,27,29)(H,35,36)(H,28,30,31). The van der Waals surface area contributed by atoms with E-state index in [9.17, 15) is 34.9 Å². The molecule has 15 heteroatoms. The molecule has 1 amide bonds. The average Bonchev–Trinajstić information content (AvgIpc) is 2.95. The van der Waals surface area contributed by atoms with Gasteiger partial charge in [-0.05, 0) is 30.3 Å². The number of pyridine rings is 1. The van der Waals surface area contributed by atoms with Gasteiger partial charge in [-0.3, -0.25) is 25.0 Å². The van der Waals surface area contributed by atoms with Crippen LogP contribution < -0.4 is 16.4 Å². The molecule has 0 spiro atoms. The Morgan fingerprint density at radius 2 is 1.32 bits per heavy atom. The number of carbonyl (C=O) groups excluding carboxylic acids is 1. The fourth-order valence-electron chi connectivity index (χ4n) is 3.66. The molecule has 2 aromatic carbocycles. The second-order valence-electron chi connectivity index (χ2n) is 8.18. The molecule has 15 nitrogen and oxygen atoms in total. The van der Waals surface area contributed by atoms with E-state index in [1.54, 1.807) is 0 Å². The van der Waals surface area contributed by atoms with E-state index in [4.69, 9.17) is 5.73 Å². The summed E-state index contributed by atoms with van der Waals surface area (Å²) in [6.07, 6.45) is 1.12. The van der Waals surface area contributed by atoms with Gasteiger partial charge in [0, 0.05) is 48.0 Å². The highest BCUT2D eigenvalue weighted by Crippen LogP contribution is 2.32. The first-order valence-electron chi connectivity index (χ1n) is 11.5. The molecule has 4 rings (SSSR count). The zero-order valence-electron chi connectivity index (χ0n) is 20.5. The number of benzene rings is 2. The van der Waals surface area contributed by atoms with Gasteiger partial charge in [0.25, 0.3) is 11.4 Å². The molecule has 4 aromatic rings. The van der Waals surface area contributed by atoms with Crippen molar-refractivity contribution in [3.8, 4) is 22.5 Å². The average molecular weight is 544 g/mol. The monoisotopic (exact) mass is 544 g/mol. The molecule has 202 valence electrons. The Morgan fingerprint density at radius 3 is 1.80 bits per heavy atom. The minimum Gasteiger partial charge on any atom is -0.478 e. The van der Waals surface area contributed by atoms with Crippen molar-refractivity contribution in [2.75, 3.05) is 23.7 Å². The van der Waals surface area contributed by atoms with Crippen molar-refractivity contribution in [2.24, 2.45) is 5.73 Å². The number of nitro groups is 2. The summed E-state index contributed by atoms with van der Waals surface area (Å²) in [7, 11) is 0. The van der Waals surface area contributed by atoms with Gasteiger partial charge < -0.3 is 21.5 Å². The fourth-order valence-corrected chi connectivity index (χ4v) is 3.66. The third-order valence-electron chi connectivity index (χ3n) is 5.59. The number of nitrogens with zero attached hydrogens (tertiary/aromatic N) is 5. The lowest BCUT2D eigenvalue weighted by Gasteiger charge is -2.15. The number of amides is 1. The molecule has 0 radical (unpaired) electrons. The number of non-ortho nitro benzene ring substituents is 1. The van der Waals surface area contributed by atoms with Crippen LogP contribution >= 0.6 is 0 Å². The molecular weight excluding hydrogens is 524 g/mol. The van der Waals surface area contributed by atoms with E-state index in [1.807, 2.05) is 0 Å². The molecule has 0 unspecified atom stereocenters. The summed E-state index contributed by atoms with van der Waals surface area (Å²) in [5, 5.41) is 37.9. The molecule has 0 fully saturated rings. The molecule has 0 aliphatic heterocycles. The molecule has 0 saturated heterocycles. The number of nitro benzene ring substituents is 1. The quantitative estimate of drug-likeness (QED) is 0.121. The number of nitrogens with one attached hydrogen (secondary N) is 2. The summed E-state index contributed by atoms with van der Waals surface area (Å²) in [6, 6.07) is 13.9. The van der Waals surface area contributed by atoms with Crippen molar-refractivity contribution < 1.29 is 24.5 Å². The van der Waals surface area contributed by atoms with Crippen LogP contribution in [0.4, 0.5) is 23.1 Å². The predicted octanol–water partition coefficient (Wildman–Crippen LogP) is 3.34. The molecule has 0 bridgehead atoms. The van der Waals surface area contributed by atoms with Crippen LogP contribution in [-0.4, -0.2) is 54.9 Å². The van der Waals surface area contributed by atoms with E-state index in [0.717, 1.165) is 6.20 Å². The molecule has 0 saturated carbocycles. The van der Waals surface area contributed by atoms with Gasteiger partial charge >= 0.3 is 5.97 Å². The van der Waals surface area contributed by atoms with Crippen molar-refractivity contribution in [2.45, 2.75) is 0 Å². The van der Waals surface area contributed by atoms with Gasteiger partial charge in [-0.25, -0.2) is 19.7 Å². The van der Waals surface area contributed by atoms with Crippen LogP contribution in [0.3, 0.4) is 0 Å². The number of primary amides is 1. The van der Waals surface area contributed by atoms with Crippen LogP contribution in [0.15, 0.2) is 66.9 Å². The lowest BCUT2D eigenvalue weighted by Crippen LogP contribution is -2.17. The second kappa shape index (κ2) is 11.6. The van der Waals surface area contributed by atoms with Crippen molar-refractivity contribution in [1.82, 2.24) is 15.0 Å². The van der Waals surface area contributed by atoms with Crippen LogP contribution in [0, 0.1) is 20.2 Å². The fraction of sp³-hybridized carbons (Fsp3) is 0.0800. The predicted molar refractivity (Wildman–Crippen MR) is 143 cm³/mol. The lowest BCUT2D eigenvalue weighted by atomic mass is 9.99. The van der Waals surface area contributed by atoms with E-state index in [2.05, 4.69) is 25.6 Å². The number of anilines is 2. The van der Waals surface area contributed by atoms with E-state index >= 15 is 0 Å². The maximum absolute atomic E-state index is 12.4. The highest BCUT2D eigenvalue weighted by atomic mass is 16.6. The number of nitrogens with two attached hydrogens (primary N) is 1. The van der Waals surface area contributed by atoms with E-state index < -0.39 is 21.7 Å². The van der Waals surface area contributed by atoms with E-state index in [1.165, 1.54) is 60.7 Å². The maximum atomic E-state index is 12.4. The van der Waals surface area contributed by atoms with Gasteiger partial charge in [0.15, 0.2) is 0 Å². The van der Waals surface area contributed by atoms with Crippen molar-refractivity contribution in [1.29, 1.82) is 0 Å². The Labute approximate surface area is 225 Å². The number of hydrogen-bond acceptors (Lipinski definition) is 11. The van der Waals surface area contributed by atoms with Crippen LogP contribution in [-0.2, 0) is 0 Å². The van der Waals surface area contributed by atoms with Gasteiger partial charge in [-0.1, -0.05) is 12.1 Å². The summed E-state index contributed by atoms with van der Waals surface area (Å²) in [5.74, 6) is -1.53. The number of aromatic nitrogens is 3. The smallest absolute Gasteiger partial charge is 0.340 e. The number of carbonyl (C=O) groups is 2. The largest absolute Gasteiger partial charge is 0.478 e. The summed E-state index contributed by atoms with van der Waals surface area (Å²) < 4.78 is 0. The number of carboxylic acids is 1. The first kappa shape index (κ1) is 27.1. The Hall–Kier alpha value is -5.99. The zero-order valence-corrected chi connectivity index (χ0v) is 20.5. The highest BCUT2D eigenvalue weighted by molar-refractivity contribution is 6.01. The molecular formula is C25H20N8O7. The molecule has 0 aliphatic carbocycles. The third-order valence-corrected chi connectivity index (χ3v) is 5.59. The summed E-state index contributed by atoms with van der Waals surface area (Å²) in [5.41, 5.74) is 5.67. The van der Waals surface area contributed by atoms with Gasteiger partial charge in [-0.2, -0.15) is 0 Å². The Bertz CT molecular complexity index is 1510. The van der Waals surface area contributed by atoms with E-state index in [-0.39, 0.29) is 46.4 Å². The van der Waals surface area contributed by atoms with Crippen molar-refractivity contribution in [3.63, 3.8) is 0 Å². The topological polar surface area (TPSA) is 229 Å². The summed E-state index contributed by atoms with van der Waals surface area (Å²) in [6.45, 7) is 0.537. The zero-order chi connectivity index (χ0) is 28.8. The molecule has 0 aliphatic rings. The van der Waals surface area contributed by atoms with Crippen LogP contribution in [0.25, 0.3) is 22.5 Å². The highest BCUT2D eigenvalue weighted by Gasteiger charge is 2.23. The minimum absolute atomic E-state index is 0.0128. The summed E-state index contributed by atoms with van der Waals surface area (Å²) >= 11 is 0. The van der Waals surface area contributed by atoms with Crippen LogP contribution in [0.5, 0.6) is 0 Å². The van der Waals surface area contributed by atoms with E-state index in [0.29, 0.717) is 23.5 Å². The van der Waals surface area contributed by atoms with Crippen molar-refractivity contribution in [3.05, 3.63) is 98.2 Å². The van der Waals surface area contributed by atoms with Crippen LogP contribution in [0.2, 0.25) is 0 Å². The van der Waals surface area contributed by atoms with Crippen molar-refractivity contribution >= 4 is 35.0 Å². The Kier molecular flexibility index (Phi) is 7.84. The van der Waals surface area contributed by atoms with Gasteiger partial charge in [0.2, 0.25) is 11.9 Å². The number of aromatic carboxylic acids is 1. The molecule has 40 heavy (non-hydrogen) atoms. The lowest BCUT2D eigenvalue weighted by molar-refractivity contribution is -0.385. The van der Waals surface area contributed by atoms with Gasteiger partial charge in [0.05, 0.1) is 21.2 Å². The number of hydrogen-bond donors (Lipinski definition) is 4. The maximum Gasteiger partial charge on any atom is 0.340 e. The number of carboxylic acid groups (broad SMARTS) is 1.